The van der Waals surface area contributed by atoms with Gasteiger partial charge < -0.3 is 5.73 Å². The summed E-state index contributed by atoms with van der Waals surface area (Å²) in [5.41, 5.74) is 7.55. The molecule has 0 radical (unpaired) electrons. The van der Waals surface area contributed by atoms with Crippen molar-refractivity contribution in [2.24, 2.45) is 5.73 Å². The Kier molecular flexibility index (Phi) is 3.85. The lowest BCUT2D eigenvalue weighted by Gasteiger charge is -2.29. The van der Waals surface area contributed by atoms with Gasteiger partial charge in [0, 0.05) is 10.9 Å². The maximum absolute atomic E-state index is 6.29. The van der Waals surface area contributed by atoms with Crippen LogP contribution < -0.4 is 5.73 Å². The molecule has 0 aromatic heterocycles. The van der Waals surface area contributed by atoms with Crippen LogP contribution in [0.3, 0.4) is 0 Å². The zero-order valence-corrected chi connectivity index (χ0v) is 10.5. The van der Waals surface area contributed by atoms with Crippen molar-refractivity contribution in [1.29, 1.82) is 0 Å². The highest BCUT2D eigenvalue weighted by Gasteiger charge is 2.24. The first kappa shape index (κ1) is 11.9. The van der Waals surface area contributed by atoms with Crippen molar-refractivity contribution in [1.82, 2.24) is 4.90 Å². The standard InChI is InChI=1S/C13H19ClN2/c1-10(11-4-6-12(14)7-5-11)13(15)16-8-2-3-9-16/h4-7,10,13H,2-3,8-9,15H2,1H3/t10-,13?/m0/s1. The molecule has 0 bridgehead atoms. The van der Waals surface area contributed by atoms with Gasteiger partial charge in [-0.3, -0.25) is 4.90 Å². The van der Waals surface area contributed by atoms with E-state index >= 15 is 0 Å². The molecular weight excluding hydrogens is 220 g/mol. The molecule has 2 atom stereocenters. The van der Waals surface area contributed by atoms with Crippen LogP contribution in [0, 0.1) is 0 Å². The van der Waals surface area contributed by atoms with Crippen molar-refractivity contribution < 1.29 is 0 Å². The minimum Gasteiger partial charge on any atom is -0.315 e. The first-order chi connectivity index (χ1) is 7.68. The lowest BCUT2D eigenvalue weighted by atomic mass is 9.98. The zero-order chi connectivity index (χ0) is 11.5. The average Bonchev–Trinajstić information content (AvgIpc) is 2.81. The third-order valence-corrected chi connectivity index (χ3v) is 3.72. The van der Waals surface area contributed by atoms with Gasteiger partial charge in [0.25, 0.3) is 0 Å². The van der Waals surface area contributed by atoms with Crippen molar-refractivity contribution >= 4 is 11.6 Å². The summed E-state index contributed by atoms with van der Waals surface area (Å²) >= 11 is 5.88. The summed E-state index contributed by atoms with van der Waals surface area (Å²) < 4.78 is 0. The van der Waals surface area contributed by atoms with Gasteiger partial charge in [-0.2, -0.15) is 0 Å². The molecule has 1 aromatic carbocycles. The molecule has 2 nitrogen and oxygen atoms in total. The second-order valence-corrected chi connectivity index (χ2v) is 5.01. The van der Waals surface area contributed by atoms with Crippen LogP contribution in [-0.4, -0.2) is 24.2 Å². The molecule has 1 heterocycles. The van der Waals surface area contributed by atoms with Gasteiger partial charge in [-0.15, -0.1) is 0 Å². The van der Waals surface area contributed by atoms with E-state index in [1.807, 2.05) is 12.1 Å². The van der Waals surface area contributed by atoms with E-state index in [4.69, 9.17) is 17.3 Å². The molecule has 0 amide bonds. The Hall–Kier alpha value is -0.570. The Morgan fingerprint density at radius 3 is 2.31 bits per heavy atom. The van der Waals surface area contributed by atoms with Gasteiger partial charge in [-0.25, -0.2) is 0 Å². The number of benzene rings is 1. The lowest BCUT2D eigenvalue weighted by Crippen LogP contribution is -2.43. The molecule has 0 spiro atoms. The second kappa shape index (κ2) is 5.17. The average molecular weight is 239 g/mol. The topological polar surface area (TPSA) is 29.3 Å². The molecule has 1 aromatic rings. The van der Waals surface area contributed by atoms with E-state index in [2.05, 4.69) is 24.0 Å². The van der Waals surface area contributed by atoms with Crippen molar-refractivity contribution in [3.8, 4) is 0 Å². The molecule has 1 unspecified atom stereocenters. The van der Waals surface area contributed by atoms with Crippen LogP contribution in [0.25, 0.3) is 0 Å². The smallest absolute Gasteiger partial charge is 0.0639 e. The molecule has 2 rings (SSSR count). The fourth-order valence-corrected chi connectivity index (χ4v) is 2.45. The van der Waals surface area contributed by atoms with Gasteiger partial charge in [0.2, 0.25) is 0 Å². The third kappa shape index (κ3) is 2.57. The Balaban J connectivity index is 2.05. The van der Waals surface area contributed by atoms with Crippen molar-refractivity contribution in [3.05, 3.63) is 34.9 Å². The molecule has 16 heavy (non-hydrogen) atoms. The van der Waals surface area contributed by atoms with E-state index in [9.17, 15) is 0 Å². The van der Waals surface area contributed by atoms with Crippen molar-refractivity contribution in [2.45, 2.75) is 31.8 Å². The largest absolute Gasteiger partial charge is 0.315 e. The molecule has 1 aliphatic rings. The number of rotatable bonds is 3. The Labute approximate surface area is 102 Å². The van der Waals surface area contributed by atoms with Crippen LogP contribution >= 0.6 is 11.6 Å². The van der Waals surface area contributed by atoms with E-state index in [0.29, 0.717) is 5.92 Å². The molecule has 0 aliphatic carbocycles. The summed E-state index contributed by atoms with van der Waals surface area (Å²) in [6, 6.07) is 8.01. The van der Waals surface area contributed by atoms with Crippen LogP contribution in [0.15, 0.2) is 24.3 Å². The van der Waals surface area contributed by atoms with E-state index in [0.717, 1.165) is 18.1 Å². The second-order valence-electron chi connectivity index (χ2n) is 4.57. The summed E-state index contributed by atoms with van der Waals surface area (Å²) in [5, 5.41) is 0.783. The predicted molar refractivity (Wildman–Crippen MR) is 68.6 cm³/mol. The fraction of sp³-hybridized carbons (Fsp3) is 0.538. The normalized spacial score (nSPS) is 20.9. The summed E-state index contributed by atoms with van der Waals surface area (Å²) in [7, 11) is 0. The molecule has 3 heteroatoms. The first-order valence-electron chi connectivity index (χ1n) is 5.93. The van der Waals surface area contributed by atoms with Crippen LogP contribution in [0.1, 0.15) is 31.2 Å². The van der Waals surface area contributed by atoms with E-state index in [1.165, 1.54) is 18.4 Å². The number of hydrogen-bond acceptors (Lipinski definition) is 2. The third-order valence-electron chi connectivity index (χ3n) is 3.47. The monoisotopic (exact) mass is 238 g/mol. The van der Waals surface area contributed by atoms with Gasteiger partial charge >= 0.3 is 0 Å². The number of nitrogens with two attached hydrogens (primary N) is 1. The predicted octanol–water partition coefficient (Wildman–Crippen LogP) is 2.82. The van der Waals surface area contributed by atoms with Gasteiger partial charge in [-0.1, -0.05) is 30.7 Å². The molecule has 1 fully saturated rings. The fourth-order valence-electron chi connectivity index (χ4n) is 2.32. The van der Waals surface area contributed by atoms with E-state index < -0.39 is 0 Å². The van der Waals surface area contributed by atoms with Crippen LogP contribution in [0.5, 0.6) is 0 Å². The maximum Gasteiger partial charge on any atom is 0.0639 e. The molecule has 0 saturated carbocycles. The lowest BCUT2D eigenvalue weighted by molar-refractivity contribution is 0.221. The van der Waals surface area contributed by atoms with Crippen LogP contribution in [0.4, 0.5) is 0 Å². The van der Waals surface area contributed by atoms with E-state index in [1.54, 1.807) is 0 Å². The number of likely N-dealkylation sites (tertiary alicyclic amines) is 1. The van der Waals surface area contributed by atoms with Crippen molar-refractivity contribution in [3.63, 3.8) is 0 Å². The quantitative estimate of drug-likeness (QED) is 0.878. The molecule has 2 N–H and O–H groups in total. The van der Waals surface area contributed by atoms with Crippen LogP contribution in [0.2, 0.25) is 5.02 Å². The van der Waals surface area contributed by atoms with Gasteiger partial charge in [0.05, 0.1) is 6.17 Å². The van der Waals surface area contributed by atoms with Gasteiger partial charge in [0.15, 0.2) is 0 Å². The molecule has 1 aliphatic heterocycles. The maximum atomic E-state index is 6.29. The first-order valence-corrected chi connectivity index (χ1v) is 6.31. The summed E-state index contributed by atoms with van der Waals surface area (Å²) in [6.07, 6.45) is 2.69. The number of nitrogens with zero attached hydrogens (tertiary/aromatic N) is 1. The van der Waals surface area contributed by atoms with Crippen LogP contribution in [-0.2, 0) is 0 Å². The molecular formula is C13H19ClN2. The Morgan fingerprint density at radius 1 is 1.19 bits per heavy atom. The number of halogens is 1. The van der Waals surface area contributed by atoms with Gasteiger partial charge in [0.1, 0.15) is 0 Å². The minimum atomic E-state index is 0.128. The zero-order valence-electron chi connectivity index (χ0n) is 9.70. The molecule has 88 valence electrons. The SMILES string of the molecule is C[C@@H](c1ccc(Cl)cc1)C(N)N1CCCC1. The summed E-state index contributed by atoms with van der Waals surface area (Å²) in [6.45, 7) is 4.46. The summed E-state index contributed by atoms with van der Waals surface area (Å²) in [4.78, 5) is 2.37. The highest BCUT2D eigenvalue weighted by atomic mass is 35.5. The summed E-state index contributed by atoms with van der Waals surface area (Å²) in [5.74, 6) is 0.357. The minimum absolute atomic E-state index is 0.128. The number of hydrogen-bond donors (Lipinski definition) is 1. The van der Waals surface area contributed by atoms with Gasteiger partial charge in [-0.05, 0) is 43.6 Å². The Morgan fingerprint density at radius 2 is 1.75 bits per heavy atom. The van der Waals surface area contributed by atoms with E-state index in [-0.39, 0.29) is 6.17 Å². The van der Waals surface area contributed by atoms with Crippen molar-refractivity contribution in [2.75, 3.05) is 13.1 Å². The molecule has 1 saturated heterocycles. The highest BCUT2D eigenvalue weighted by molar-refractivity contribution is 6.30. The Bertz CT molecular complexity index is 330. The highest BCUT2D eigenvalue weighted by Crippen LogP contribution is 2.24.